The van der Waals surface area contributed by atoms with E-state index in [1.165, 1.54) is 4.31 Å². The third-order valence-corrected chi connectivity index (χ3v) is 6.86. The molecule has 2 fully saturated rings. The number of ether oxygens (including phenoxy) is 2. The van der Waals surface area contributed by atoms with Crippen LogP contribution in [0.25, 0.3) is 0 Å². The number of piperazine rings is 1. The van der Waals surface area contributed by atoms with E-state index in [0.717, 1.165) is 18.4 Å². The Hall–Kier alpha value is -2.17. The summed E-state index contributed by atoms with van der Waals surface area (Å²) >= 11 is 0. The molecule has 1 aromatic carbocycles. The van der Waals surface area contributed by atoms with E-state index in [0.29, 0.717) is 19.7 Å². The molecule has 0 spiro atoms. The van der Waals surface area contributed by atoms with Gasteiger partial charge in [-0.1, -0.05) is 30.3 Å². The van der Waals surface area contributed by atoms with Gasteiger partial charge in [0.2, 0.25) is 10.0 Å². The molecular weight excluding hydrogens is 398 g/mol. The third-order valence-electron chi connectivity index (χ3n) is 4.99. The lowest BCUT2D eigenvalue weighted by Gasteiger charge is -2.35. The van der Waals surface area contributed by atoms with E-state index < -0.39 is 16.1 Å². The molecule has 0 aliphatic carbocycles. The Bertz CT molecular complexity index is 787. The lowest BCUT2D eigenvalue weighted by molar-refractivity contribution is -0.142. The quantitative estimate of drug-likeness (QED) is 0.685. The number of carbonyl (C=O) groups excluding carboxylic acids is 2. The molecule has 0 bridgehead atoms. The van der Waals surface area contributed by atoms with Crippen LogP contribution in [0, 0.1) is 0 Å². The fraction of sp³-hybridized carbons (Fsp3) is 0.579. The number of nitrogens with one attached hydrogen (secondary N) is 1. The summed E-state index contributed by atoms with van der Waals surface area (Å²) in [6.07, 6.45) is 0.565. The van der Waals surface area contributed by atoms with Crippen molar-refractivity contribution in [1.82, 2.24) is 14.5 Å². The van der Waals surface area contributed by atoms with Gasteiger partial charge in [0.15, 0.2) is 0 Å². The second-order valence-corrected chi connectivity index (χ2v) is 9.12. The van der Waals surface area contributed by atoms with Gasteiger partial charge in [-0.3, -0.25) is 4.79 Å². The van der Waals surface area contributed by atoms with Crippen molar-refractivity contribution >= 4 is 22.0 Å². The van der Waals surface area contributed by atoms with Gasteiger partial charge in [0, 0.05) is 39.3 Å². The molecule has 2 saturated heterocycles. The Balaban J connectivity index is 1.36. The van der Waals surface area contributed by atoms with Gasteiger partial charge in [-0.2, -0.15) is 4.31 Å². The highest BCUT2D eigenvalue weighted by Gasteiger charge is 2.33. The molecule has 1 atom stereocenters. The summed E-state index contributed by atoms with van der Waals surface area (Å²) in [5, 5.41) is 2.46. The lowest BCUT2D eigenvalue weighted by Crippen LogP contribution is -2.53. The Morgan fingerprint density at radius 1 is 1.14 bits per heavy atom. The lowest BCUT2D eigenvalue weighted by atomic mass is 10.2. The fourth-order valence-corrected chi connectivity index (χ4v) is 4.69. The van der Waals surface area contributed by atoms with Crippen molar-refractivity contribution < 1.29 is 27.5 Å². The smallest absolute Gasteiger partial charge is 0.407 e. The molecule has 3 rings (SSSR count). The minimum absolute atomic E-state index is 0.0367. The van der Waals surface area contributed by atoms with Crippen molar-refractivity contribution in [2.45, 2.75) is 25.6 Å². The number of sulfonamides is 1. The summed E-state index contributed by atoms with van der Waals surface area (Å²) in [6.45, 7) is 1.89. The maximum atomic E-state index is 12.5. The van der Waals surface area contributed by atoms with Crippen LogP contribution in [-0.4, -0.2) is 80.8 Å². The summed E-state index contributed by atoms with van der Waals surface area (Å²) in [5.74, 6) is -0.269. The topological polar surface area (TPSA) is 105 Å². The predicted molar refractivity (Wildman–Crippen MR) is 106 cm³/mol. The number of amides is 2. The van der Waals surface area contributed by atoms with E-state index in [9.17, 15) is 18.0 Å². The highest BCUT2D eigenvalue weighted by Crippen LogP contribution is 2.17. The maximum Gasteiger partial charge on any atom is 0.407 e. The molecule has 29 heavy (non-hydrogen) atoms. The predicted octanol–water partition coefficient (Wildman–Crippen LogP) is 0.566. The van der Waals surface area contributed by atoms with E-state index in [2.05, 4.69) is 5.32 Å². The number of hydrogen-bond donors (Lipinski definition) is 1. The van der Waals surface area contributed by atoms with Gasteiger partial charge in [-0.25, -0.2) is 13.2 Å². The SMILES string of the molecule is O=C(NCCS(=O)(=O)N1CCN(C(=O)C2CCCO2)CC1)OCc1ccccc1. The largest absolute Gasteiger partial charge is 0.445 e. The second-order valence-electron chi connectivity index (χ2n) is 7.03. The van der Waals surface area contributed by atoms with Crippen molar-refractivity contribution in [3.05, 3.63) is 35.9 Å². The summed E-state index contributed by atoms with van der Waals surface area (Å²) in [5.41, 5.74) is 0.852. The molecular formula is C19H27N3O6S. The zero-order valence-corrected chi connectivity index (χ0v) is 17.1. The number of hydrogen-bond acceptors (Lipinski definition) is 6. The Morgan fingerprint density at radius 3 is 2.52 bits per heavy atom. The van der Waals surface area contributed by atoms with Gasteiger partial charge < -0.3 is 19.7 Å². The molecule has 1 unspecified atom stereocenters. The fourth-order valence-electron chi connectivity index (χ4n) is 3.35. The number of benzene rings is 1. The van der Waals surface area contributed by atoms with Crippen LogP contribution >= 0.6 is 0 Å². The number of alkyl carbamates (subject to hydrolysis) is 1. The van der Waals surface area contributed by atoms with Crippen molar-refractivity contribution in [1.29, 1.82) is 0 Å². The van der Waals surface area contributed by atoms with Crippen LogP contribution in [0.2, 0.25) is 0 Å². The Morgan fingerprint density at radius 2 is 1.86 bits per heavy atom. The first kappa shape index (κ1) is 21.5. The van der Waals surface area contributed by atoms with Gasteiger partial charge in [0.05, 0.1) is 5.75 Å². The van der Waals surface area contributed by atoms with Crippen molar-refractivity contribution in [2.24, 2.45) is 0 Å². The van der Waals surface area contributed by atoms with Crippen LogP contribution in [0.4, 0.5) is 4.79 Å². The number of nitrogens with zero attached hydrogens (tertiary/aromatic N) is 2. The molecule has 1 N–H and O–H groups in total. The molecule has 2 aliphatic rings. The van der Waals surface area contributed by atoms with E-state index >= 15 is 0 Å². The van der Waals surface area contributed by atoms with Gasteiger partial charge in [0.1, 0.15) is 12.7 Å². The monoisotopic (exact) mass is 425 g/mol. The Kier molecular flexibility index (Phi) is 7.45. The average molecular weight is 426 g/mol. The van der Waals surface area contributed by atoms with Crippen LogP contribution in [0.3, 0.4) is 0 Å². The van der Waals surface area contributed by atoms with Crippen molar-refractivity contribution in [2.75, 3.05) is 45.1 Å². The van der Waals surface area contributed by atoms with Crippen LogP contribution in [0.5, 0.6) is 0 Å². The highest BCUT2D eigenvalue weighted by atomic mass is 32.2. The summed E-state index contributed by atoms with van der Waals surface area (Å²) in [4.78, 5) is 25.7. The van der Waals surface area contributed by atoms with Crippen LogP contribution < -0.4 is 5.32 Å². The van der Waals surface area contributed by atoms with Crippen molar-refractivity contribution in [3.63, 3.8) is 0 Å². The van der Waals surface area contributed by atoms with E-state index in [4.69, 9.17) is 9.47 Å². The number of carbonyl (C=O) groups is 2. The van der Waals surface area contributed by atoms with Crippen LogP contribution in [0.15, 0.2) is 30.3 Å². The molecule has 0 saturated carbocycles. The first-order valence-corrected chi connectivity index (χ1v) is 11.4. The molecule has 0 aromatic heterocycles. The molecule has 160 valence electrons. The molecule has 0 radical (unpaired) electrons. The standard InChI is InChI=1S/C19H27N3O6S/c23-18(17-7-4-13-27-17)21-9-11-22(12-10-21)29(25,26)14-8-20-19(24)28-15-16-5-2-1-3-6-16/h1-3,5-6,17H,4,7-15H2,(H,20,24). The molecule has 9 nitrogen and oxygen atoms in total. The highest BCUT2D eigenvalue weighted by molar-refractivity contribution is 7.89. The van der Waals surface area contributed by atoms with E-state index in [-0.39, 0.29) is 44.0 Å². The van der Waals surface area contributed by atoms with Crippen LogP contribution in [0.1, 0.15) is 18.4 Å². The van der Waals surface area contributed by atoms with Gasteiger partial charge in [0.25, 0.3) is 5.91 Å². The van der Waals surface area contributed by atoms with E-state index in [1.807, 2.05) is 30.3 Å². The zero-order valence-electron chi connectivity index (χ0n) is 16.3. The molecule has 2 heterocycles. The Labute approximate surface area is 171 Å². The van der Waals surface area contributed by atoms with Crippen LogP contribution in [-0.2, 0) is 30.9 Å². The van der Waals surface area contributed by atoms with Gasteiger partial charge in [-0.05, 0) is 18.4 Å². The summed E-state index contributed by atoms with van der Waals surface area (Å²) < 4.78 is 36.8. The second kappa shape index (κ2) is 10.0. The molecule has 1 aromatic rings. The average Bonchev–Trinajstić information content (AvgIpc) is 3.27. The third kappa shape index (κ3) is 6.15. The minimum atomic E-state index is -3.52. The molecule has 2 amide bonds. The zero-order chi connectivity index (χ0) is 20.7. The summed E-state index contributed by atoms with van der Waals surface area (Å²) in [6, 6.07) is 9.23. The first-order chi connectivity index (χ1) is 14.0. The van der Waals surface area contributed by atoms with Crippen molar-refractivity contribution in [3.8, 4) is 0 Å². The summed E-state index contributed by atoms with van der Waals surface area (Å²) in [7, 11) is -3.52. The molecule has 10 heteroatoms. The molecule has 2 aliphatic heterocycles. The van der Waals surface area contributed by atoms with E-state index in [1.54, 1.807) is 4.90 Å². The van der Waals surface area contributed by atoms with Gasteiger partial charge >= 0.3 is 6.09 Å². The minimum Gasteiger partial charge on any atom is -0.445 e. The first-order valence-electron chi connectivity index (χ1n) is 9.78. The maximum absolute atomic E-state index is 12.5. The number of rotatable bonds is 7. The normalized spacial score (nSPS) is 20.4. The van der Waals surface area contributed by atoms with Gasteiger partial charge in [-0.15, -0.1) is 0 Å².